The lowest BCUT2D eigenvalue weighted by Gasteiger charge is -2.12. The van der Waals surface area contributed by atoms with Crippen LogP contribution in [0.2, 0.25) is 0 Å². The number of ether oxygens (including phenoxy) is 2. The zero-order valence-corrected chi connectivity index (χ0v) is 18.8. The summed E-state index contributed by atoms with van der Waals surface area (Å²) in [6.07, 6.45) is 1.44. The van der Waals surface area contributed by atoms with E-state index < -0.39 is 11.8 Å². The van der Waals surface area contributed by atoms with Crippen molar-refractivity contribution in [3.63, 3.8) is 0 Å². The van der Waals surface area contributed by atoms with Crippen molar-refractivity contribution >= 4 is 39.6 Å². The lowest BCUT2D eigenvalue weighted by atomic mass is 10.1. The number of phenolic OH excluding ortho intramolecular Hbond substituents is 1. The van der Waals surface area contributed by atoms with Gasteiger partial charge in [0.05, 0.1) is 31.7 Å². The minimum absolute atomic E-state index is 0.134. The molecule has 0 aliphatic heterocycles. The average Bonchev–Trinajstić information content (AvgIpc) is 2.80. The first-order valence-electron chi connectivity index (χ1n) is 9.36. The van der Waals surface area contributed by atoms with Crippen molar-refractivity contribution in [3.8, 4) is 17.2 Å². The number of hydrogen-bond donors (Lipinski definition) is 3. The molecule has 0 unspecified atom stereocenters. The Hall–Kier alpha value is -3.85. The molecule has 0 aromatic heterocycles. The molecule has 0 bridgehead atoms. The maximum absolute atomic E-state index is 12.8. The number of rotatable bonds is 7. The minimum atomic E-state index is -0.510. The lowest BCUT2D eigenvalue weighted by Crippen LogP contribution is -2.21. The molecule has 164 valence electrons. The highest BCUT2D eigenvalue weighted by Crippen LogP contribution is 2.28. The van der Waals surface area contributed by atoms with Gasteiger partial charge in [-0.2, -0.15) is 5.10 Å². The largest absolute Gasteiger partial charge is 0.508 e. The van der Waals surface area contributed by atoms with Crippen LogP contribution < -0.4 is 20.2 Å². The van der Waals surface area contributed by atoms with Crippen molar-refractivity contribution in [2.75, 3.05) is 19.5 Å². The van der Waals surface area contributed by atoms with Gasteiger partial charge in [-0.25, -0.2) is 5.43 Å². The molecule has 0 heterocycles. The Labute approximate surface area is 193 Å². The van der Waals surface area contributed by atoms with Crippen LogP contribution in [0.3, 0.4) is 0 Å². The zero-order chi connectivity index (χ0) is 23.1. The minimum Gasteiger partial charge on any atom is -0.508 e. The molecule has 8 nitrogen and oxygen atoms in total. The third-order valence-electron chi connectivity index (χ3n) is 4.39. The fourth-order valence-electron chi connectivity index (χ4n) is 2.77. The van der Waals surface area contributed by atoms with E-state index in [0.29, 0.717) is 32.8 Å². The predicted molar refractivity (Wildman–Crippen MR) is 125 cm³/mol. The summed E-state index contributed by atoms with van der Waals surface area (Å²) >= 11 is 3.34. The van der Waals surface area contributed by atoms with Crippen molar-refractivity contribution in [3.05, 3.63) is 81.8 Å². The van der Waals surface area contributed by atoms with Crippen LogP contribution in [-0.2, 0) is 0 Å². The Morgan fingerprint density at radius 2 is 1.66 bits per heavy atom. The molecule has 0 aliphatic rings. The summed E-state index contributed by atoms with van der Waals surface area (Å²) in [5, 5.41) is 16.0. The summed E-state index contributed by atoms with van der Waals surface area (Å²) < 4.78 is 11.1. The van der Waals surface area contributed by atoms with Crippen LogP contribution in [0.15, 0.2) is 70.2 Å². The van der Waals surface area contributed by atoms with Gasteiger partial charge in [0, 0.05) is 10.0 Å². The number of nitrogens with one attached hydrogen (secondary N) is 2. The van der Waals surface area contributed by atoms with E-state index in [9.17, 15) is 14.7 Å². The molecule has 32 heavy (non-hydrogen) atoms. The second kappa shape index (κ2) is 10.5. The number of phenols is 1. The smallest absolute Gasteiger partial charge is 0.273 e. The number of hydrazone groups is 1. The molecule has 0 atom stereocenters. The van der Waals surface area contributed by atoms with Crippen LogP contribution in [-0.4, -0.2) is 37.4 Å². The van der Waals surface area contributed by atoms with E-state index in [1.54, 1.807) is 48.5 Å². The van der Waals surface area contributed by atoms with E-state index in [1.807, 2.05) is 0 Å². The van der Waals surface area contributed by atoms with Gasteiger partial charge in [0.2, 0.25) is 0 Å². The first-order valence-corrected chi connectivity index (χ1v) is 10.2. The number of halogens is 1. The molecule has 0 saturated carbocycles. The highest BCUT2D eigenvalue weighted by atomic mass is 79.9. The second-order valence-electron chi connectivity index (χ2n) is 6.50. The van der Waals surface area contributed by atoms with Gasteiger partial charge in [-0.05, 0) is 66.2 Å². The molecule has 3 aromatic rings. The second-order valence-corrected chi connectivity index (χ2v) is 7.42. The van der Waals surface area contributed by atoms with Crippen LogP contribution >= 0.6 is 15.9 Å². The van der Waals surface area contributed by atoms with Crippen molar-refractivity contribution in [2.45, 2.75) is 0 Å². The molecule has 3 rings (SSSR count). The van der Waals surface area contributed by atoms with Crippen LogP contribution in [0.1, 0.15) is 26.3 Å². The number of hydrogen-bond acceptors (Lipinski definition) is 6. The molecule has 2 amide bonds. The predicted octanol–water partition coefficient (Wildman–Crippen LogP) is 4.19. The topological polar surface area (TPSA) is 109 Å². The third-order valence-corrected chi connectivity index (χ3v) is 4.89. The number of methoxy groups -OCH3 is 2. The maximum atomic E-state index is 12.8. The van der Waals surface area contributed by atoms with Crippen LogP contribution in [0.5, 0.6) is 17.2 Å². The van der Waals surface area contributed by atoms with Crippen molar-refractivity contribution in [1.82, 2.24) is 5.43 Å². The lowest BCUT2D eigenvalue weighted by molar-refractivity contribution is 0.0956. The third kappa shape index (κ3) is 5.64. The average molecular weight is 498 g/mol. The number of benzene rings is 3. The quantitative estimate of drug-likeness (QED) is 0.335. The standard InChI is InChI=1S/C23H20BrN3O5/c1-31-20-10-5-15(11-21(20)32-2)22(29)26-19-9-6-16(24)12-18(19)23(30)27-25-13-14-3-7-17(28)8-4-14/h3-13,28H,1-2H3,(H,26,29)(H,27,30). The SMILES string of the molecule is COc1ccc(C(=O)Nc2ccc(Br)cc2C(=O)NN=Cc2ccc(O)cc2)cc1OC. The first-order chi connectivity index (χ1) is 15.4. The molecular formula is C23H20BrN3O5. The van der Waals surface area contributed by atoms with Gasteiger partial charge in [-0.15, -0.1) is 0 Å². The zero-order valence-electron chi connectivity index (χ0n) is 17.3. The number of aromatic hydroxyl groups is 1. The molecular weight excluding hydrogens is 478 g/mol. The summed E-state index contributed by atoms with van der Waals surface area (Å²) in [7, 11) is 2.99. The van der Waals surface area contributed by atoms with Gasteiger partial charge in [0.1, 0.15) is 5.75 Å². The van der Waals surface area contributed by atoms with E-state index >= 15 is 0 Å². The molecule has 0 aliphatic carbocycles. The Balaban J connectivity index is 1.77. The maximum Gasteiger partial charge on any atom is 0.273 e. The van der Waals surface area contributed by atoms with E-state index in [1.165, 1.54) is 32.6 Å². The number of carbonyl (C=O) groups excluding carboxylic acids is 2. The van der Waals surface area contributed by atoms with Gasteiger partial charge >= 0.3 is 0 Å². The Bertz CT molecular complexity index is 1160. The fraction of sp³-hybridized carbons (Fsp3) is 0.0870. The summed E-state index contributed by atoms with van der Waals surface area (Å²) in [5.74, 6) is 0.116. The van der Waals surface area contributed by atoms with Gasteiger partial charge in [0.25, 0.3) is 11.8 Å². The number of nitrogens with zero attached hydrogens (tertiary/aromatic N) is 1. The van der Waals surface area contributed by atoms with Crippen molar-refractivity contribution in [1.29, 1.82) is 0 Å². The van der Waals surface area contributed by atoms with Gasteiger partial charge in [-0.3, -0.25) is 9.59 Å². The van der Waals surface area contributed by atoms with Crippen LogP contribution in [0.25, 0.3) is 0 Å². The summed E-state index contributed by atoms with van der Waals surface area (Å²) in [6, 6.07) is 16.0. The van der Waals surface area contributed by atoms with Crippen molar-refractivity contribution < 1.29 is 24.2 Å². The van der Waals surface area contributed by atoms with Gasteiger partial charge in [0.15, 0.2) is 11.5 Å². The van der Waals surface area contributed by atoms with Gasteiger partial charge < -0.3 is 19.9 Å². The number of amides is 2. The summed E-state index contributed by atoms with van der Waals surface area (Å²) in [6.45, 7) is 0. The Kier molecular flexibility index (Phi) is 7.45. The van der Waals surface area contributed by atoms with Gasteiger partial charge in [-0.1, -0.05) is 15.9 Å². The van der Waals surface area contributed by atoms with Crippen LogP contribution in [0.4, 0.5) is 5.69 Å². The van der Waals surface area contributed by atoms with Crippen molar-refractivity contribution in [2.24, 2.45) is 5.10 Å². The molecule has 0 spiro atoms. The molecule has 0 radical (unpaired) electrons. The molecule has 0 saturated heterocycles. The van der Waals surface area contributed by atoms with Crippen LogP contribution in [0, 0.1) is 0 Å². The number of carbonyl (C=O) groups is 2. The normalized spacial score (nSPS) is 10.6. The highest BCUT2D eigenvalue weighted by molar-refractivity contribution is 9.10. The molecule has 9 heteroatoms. The molecule has 0 fully saturated rings. The van der Waals surface area contributed by atoms with E-state index in [-0.39, 0.29) is 11.3 Å². The monoisotopic (exact) mass is 497 g/mol. The Morgan fingerprint density at radius 3 is 2.34 bits per heavy atom. The summed E-state index contributed by atoms with van der Waals surface area (Å²) in [4.78, 5) is 25.5. The first kappa shape index (κ1) is 22.8. The van der Waals surface area contributed by atoms with E-state index in [4.69, 9.17) is 9.47 Å². The van der Waals surface area contributed by atoms with E-state index in [0.717, 1.165) is 0 Å². The fourth-order valence-corrected chi connectivity index (χ4v) is 3.13. The number of anilines is 1. The van der Waals surface area contributed by atoms with E-state index in [2.05, 4.69) is 31.8 Å². The highest BCUT2D eigenvalue weighted by Gasteiger charge is 2.16. The summed E-state index contributed by atoms with van der Waals surface area (Å²) in [5.41, 5.74) is 3.99. The molecule has 3 N–H and O–H groups in total. The Morgan fingerprint density at radius 1 is 0.938 bits per heavy atom. The molecule has 3 aromatic carbocycles.